The minimum atomic E-state index is 0.168. The highest BCUT2D eigenvalue weighted by Crippen LogP contribution is 2.32. The van der Waals surface area contributed by atoms with Gasteiger partial charge in [0.2, 0.25) is 0 Å². The Bertz CT molecular complexity index is 1000. The van der Waals surface area contributed by atoms with Crippen LogP contribution >= 0.6 is 0 Å². The third-order valence-electron chi connectivity index (χ3n) is 6.25. The van der Waals surface area contributed by atoms with Crippen molar-refractivity contribution in [2.24, 2.45) is 0 Å². The van der Waals surface area contributed by atoms with Crippen molar-refractivity contribution in [3.05, 3.63) is 48.3 Å². The molecule has 2 aliphatic heterocycles. The van der Waals surface area contributed by atoms with Crippen LogP contribution in [0.3, 0.4) is 0 Å². The van der Waals surface area contributed by atoms with E-state index < -0.39 is 0 Å². The maximum atomic E-state index is 10.5. The highest BCUT2D eigenvalue weighted by atomic mass is 16.3. The van der Waals surface area contributed by atoms with E-state index in [2.05, 4.69) is 32.6 Å². The molecule has 3 atom stereocenters. The first-order valence-electron chi connectivity index (χ1n) is 10.3. The molecule has 2 aliphatic rings. The van der Waals surface area contributed by atoms with Crippen LogP contribution < -0.4 is 10.2 Å². The van der Waals surface area contributed by atoms with E-state index >= 15 is 0 Å². The molecule has 2 aromatic heterocycles. The van der Waals surface area contributed by atoms with Gasteiger partial charge in [0.15, 0.2) is 5.82 Å². The number of anilines is 1. The average molecular weight is 390 g/mol. The molecule has 0 amide bonds. The second-order valence-electron chi connectivity index (χ2n) is 8.25. The highest BCUT2D eigenvalue weighted by molar-refractivity contribution is 5.69. The molecule has 0 aliphatic carbocycles. The average Bonchev–Trinajstić information content (AvgIpc) is 3.32. The molecule has 0 spiro atoms. The van der Waals surface area contributed by atoms with Crippen molar-refractivity contribution in [3.8, 4) is 22.7 Å². The highest BCUT2D eigenvalue weighted by Gasteiger charge is 2.35. The summed E-state index contributed by atoms with van der Waals surface area (Å²) < 4.78 is 1.74. The summed E-state index contributed by atoms with van der Waals surface area (Å²) in [5.74, 6) is 1.05. The zero-order valence-electron chi connectivity index (χ0n) is 16.8. The van der Waals surface area contributed by atoms with Crippen LogP contribution in [0.25, 0.3) is 16.9 Å². The number of phenols is 1. The second-order valence-corrected chi connectivity index (χ2v) is 8.25. The van der Waals surface area contributed by atoms with E-state index in [1.165, 1.54) is 12.8 Å². The smallest absolute Gasteiger partial charge is 0.151 e. The molecular weight excluding hydrogens is 364 g/mol. The third-order valence-corrected chi connectivity index (χ3v) is 6.25. The topological polar surface area (TPSA) is 79.1 Å². The molecule has 4 heterocycles. The molecule has 1 unspecified atom stereocenters. The Hall–Kier alpha value is -2.93. The van der Waals surface area contributed by atoms with E-state index in [9.17, 15) is 5.11 Å². The number of piperidine rings is 1. The Kier molecular flexibility index (Phi) is 4.47. The van der Waals surface area contributed by atoms with Gasteiger partial charge in [0, 0.05) is 43.0 Å². The van der Waals surface area contributed by atoms with Crippen molar-refractivity contribution in [1.82, 2.24) is 25.3 Å². The standard InChI is InChI=1S/C22H26N6O/c1-14-9-10-28(26-14)17-5-6-19(21(29)13-17)20-7-8-22(25-24-20)27(2)18-11-15-3-4-16(12-18)23-15/h5-10,13,15-16,18,23,29H,3-4,11-12H2,1-2H3/t15-,16+,18?. The van der Waals surface area contributed by atoms with Gasteiger partial charge in [0.1, 0.15) is 5.75 Å². The number of aromatic nitrogens is 4. The molecule has 0 radical (unpaired) electrons. The summed E-state index contributed by atoms with van der Waals surface area (Å²) >= 11 is 0. The van der Waals surface area contributed by atoms with Crippen LogP contribution in [0.4, 0.5) is 5.82 Å². The van der Waals surface area contributed by atoms with Crippen LogP contribution in [0.15, 0.2) is 42.6 Å². The lowest BCUT2D eigenvalue weighted by molar-refractivity contribution is 0.353. The summed E-state index contributed by atoms with van der Waals surface area (Å²) in [6.07, 6.45) is 6.76. The Balaban J connectivity index is 1.34. The molecule has 0 saturated carbocycles. The van der Waals surface area contributed by atoms with Gasteiger partial charge in [-0.25, -0.2) is 4.68 Å². The van der Waals surface area contributed by atoms with Crippen molar-refractivity contribution in [3.63, 3.8) is 0 Å². The molecule has 2 bridgehead atoms. The fraction of sp³-hybridized carbons (Fsp3) is 0.409. The summed E-state index contributed by atoms with van der Waals surface area (Å²) in [4.78, 5) is 2.26. The lowest BCUT2D eigenvalue weighted by Gasteiger charge is -2.36. The monoisotopic (exact) mass is 390 g/mol. The molecule has 7 heteroatoms. The first-order chi connectivity index (χ1) is 14.1. The number of aromatic hydroxyl groups is 1. The van der Waals surface area contributed by atoms with Crippen molar-refractivity contribution in [2.75, 3.05) is 11.9 Å². The van der Waals surface area contributed by atoms with Crippen LogP contribution in [-0.4, -0.2) is 50.3 Å². The number of hydrogen-bond donors (Lipinski definition) is 2. The van der Waals surface area contributed by atoms with Crippen molar-refractivity contribution in [2.45, 2.75) is 50.7 Å². The van der Waals surface area contributed by atoms with Gasteiger partial charge >= 0.3 is 0 Å². The number of nitrogens with one attached hydrogen (secondary N) is 1. The molecule has 2 saturated heterocycles. The van der Waals surface area contributed by atoms with Gasteiger partial charge in [0.25, 0.3) is 0 Å². The predicted molar refractivity (Wildman–Crippen MR) is 112 cm³/mol. The minimum Gasteiger partial charge on any atom is -0.507 e. The fourth-order valence-electron chi connectivity index (χ4n) is 4.63. The summed E-state index contributed by atoms with van der Waals surface area (Å²) in [5, 5.41) is 27.4. The van der Waals surface area contributed by atoms with E-state index in [1.807, 2.05) is 43.5 Å². The normalized spacial score (nSPS) is 23.3. The summed E-state index contributed by atoms with van der Waals surface area (Å²) in [6.45, 7) is 1.94. The van der Waals surface area contributed by atoms with Crippen LogP contribution in [0.5, 0.6) is 5.75 Å². The molecular formula is C22H26N6O. The molecule has 5 rings (SSSR count). The van der Waals surface area contributed by atoms with E-state index in [0.29, 0.717) is 29.4 Å². The maximum absolute atomic E-state index is 10.5. The first kappa shape index (κ1) is 18.1. The van der Waals surface area contributed by atoms with Gasteiger partial charge in [-0.1, -0.05) is 0 Å². The van der Waals surface area contributed by atoms with Gasteiger partial charge in [-0.05, 0) is 62.9 Å². The molecule has 2 N–H and O–H groups in total. The number of phenolic OH excluding ortho intramolecular Hbond substituents is 1. The van der Waals surface area contributed by atoms with Gasteiger partial charge in [-0.3, -0.25) is 0 Å². The predicted octanol–water partition coefficient (Wildman–Crippen LogP) is 3.06. The Morgan fingerprint density at radius 2 is 1.86 bits per heavy atom. The van der Waals surface area contributed by atoms with Crippen molar-refractivity contribution >= 4 is 5.82 Å². The molecule has 1 aromatic carbocycles. The lowest BCUT2D eigenvalue weighted by atomic mass is 9.98. The minimum absolute atomic E-state index is 0.168. The summed E-state index contributed by atoms with van der Waals surface area (Å²) in [7, 11) is 2.11. The quantitative estimate of drug-likeness (QED) is 0.713. The van der Waals surface area contributed by atoms with Crippen LogP contribution in [0, 0.1) is 6.92 Å². The molecule has 3 aromatic rings. The Labute approximate surface area is 170 Å². The second kappa shape index (κ2) is 7.15. The number of rotatable bonds is 4. The van der Waals surface area contributed by atoms with Crippen molar-refractivity contribution in [1.29, 1.82) is 0 Å². The Morgan fingerprint density at radius 3 is 2.48 bits per heavy atom. The zero-order valence-corrected chi connectivity index (χ0v) is 16.8. The Morgan fingerprint density at radius 1 is 1.07 bits per heavy atom. The van der Waals surface area contributed by atoms with Gasteiger partial charge in [-0.2, -0.15) is 5.10 Å². The first-order valence-corrected chi connectivity index (χ1v) is 10.3. The maximum Gasteiger partial charge on any atom is 0.151 e. The molecule has 7 nitrogen and oxygen atoms in total. The van der Waals surface area contributed by atoms with E-state index in [1.54, 1.807) is 10.7 Å². The van der Waals surface area contributed by atoms with E-state index in [4.69, 9.17) is 0 Å². The van der Waals surface area contributed by atoms with Crippen LogP contribution in [-0.2, 0) is 0 Å². The van der Waals surface area contributed by atoms with Crippen LogP contribution in [0.1, 0.15) is 31.4 Å². The van der Waals surface area contributed by atoms with E-state index in [0.717, 1.165) is 30.0 Å². The fourth-order valence-corrected chi connectivity index (χ4v) is 4.63. The number of benzene rings is 1. The number of nitrogens with zero attached hydrogens (tertiary/aromatic N) is 5. The third kappa shape index (κ3) is 3.46. The molecule has 150 valence electrons. The van der Waals surface area contributed by atoms with Crippen LogP contribution in [0.2, 0.25) is 0 Å². The van der Waals surface area contributed by atoms with Gasteiger partial charge in [-0.15, -0.1) is 10.2 Å². The number of fused-ring (bicyclic) bond motifs is 2. The largest absolute Gasteiger partial charge is 0.507 e. The van der Waals surface area contributed by atoms with Gasteiger partial charge in [0.05, 0.1) is 17.1 Å². The number of aryl methyl sites for hydroxylation is 1. The SMILES string of the molecule is Cc1ccn(-c2ccc(-c3ccc(N(C)C4C[C@H]5CC[C@@H](C4)N5)nn3)c(O)c2)n1. The van der Waals surface area contributed by atoms with Crippen molar-refractivity contribution < 1.29 is 5.11 Å². The summed E-state index contributed by atoms with van der Waals surface area (Å²) in [6, 6.07) is 13.1. The lowest BCUT2D eigenvalue weighted by Crippen LogP contribution is -2.47. The molecule has 29 heavy (non-hydrogen) atoms. The molecule has 2 fully saturated rings. The van der Waals surface area contributed by atoms with E-state index in [-0.39, 0.29) is 5.75 Å². The summed E-state index contributed by atoms with van der Waals surface area (Å²) in [5.41, 5.74) is 3.07. The van der Waals surface area contributed by atoms with Gasteiger partial charge < -0.3 is 15.3 Å². The number of hydrogen-bond acceptors (Lipinski definition) is 6. The zero-order chi connectivity index (χ0) is 20.0.